The van der Waals surface area contributed by atoms with Gasteiger partial charge in [0, 0.05) is 0 Å². The summed E-state index contributed by atoms with van der Waals surface area (Å²) in [6, 6.07) is -1.16. The molecule has 0 saturated heterocycles. The molecule has 1 amide bonds. The highest BCUT2D eigenvalue weighted by Crippen LogP contribution is 2.04. The maximum absolute atomic E-state index is 10.9. The lowest BCUT2D eigenvalue weighted by atomic mass is 10.0. The summed E-state index contributed by atoms with van der Waals surface area (Å²) in [5.41, 5.74) is 5.01. The Hall–Kier alpha value is -0.480. The molecular formula is C8H19ClN2O6. The van der Waals surface area contributed by atoms with E-state index in [2.05, 4.69) is 5.32 Å². The number of amides is 1. The van der Waals surface area contributed by atoms with Gasteiger partial charge in [0.15, 0.2) is 0 Å². The largest absolute Gasteiger partial charge is 0.394 e. The monoisotopic (exact) mass is 274 g/mol. The van der Waals surface area contributed by atoms with Gasteiger partial charge in [-0.05, 0) is 0 Å². The van der Waals surface area contributed by atoms with Crippen LogP contribution in [0.5, 0.6) is 0 Å². The Morgan fingerprint density at radius 1 is 1.12 bits per heavy atom. The van der Waals surface area contributed by atoms with Crippen LogP contribution >= 0.6 is 12.4 Å². The molecule has 0 saturated carbocycles. The summed E-state index contributed by atoms with van der Waals surface area (Å²) in [5.74, 6) is -0.621. The summed E-state index contributed by atoms with van der Waals surface area (Å²) in [6.45, 7) is -1.72. The summed E-state index contributed by atoms with van der Waals surface area (Å²) in [4.78, 5) is 10.9. The molecule has 8 nitrogen and oxygen atoms in total. The minimum absolute atomic E-state index is 0. The fourth-order valence-electron chi connectivity index (χ4n) is 1.08. The lowest BCUT2D eigenvalue weighted by Gasteiger charge is -2.28. The van der Waals surface area contributed by atoms with Crippen molar-refractivity contribution in [3.05, 3.63) is 0 Å². The molecule has 0 fully saturated rings. The molecular weight excluding hydrogens is 256 g/mol. The molecule has 0 unspecified atom stereocenters. The highest BCUT2D eigenvalue weighted by Gasteiger charge is 2.31. The average molecular weight is 275 g/mol. The Kier molecular flexibility index (Phi) is 10.6. The highest BCUT2D eigenvalue weighted by atomic mass is 35.5. The Labute approximate surface area is 104 Å². The van der Waals surface area contributed by atoms with Gasteiger partial charge < -0.3 is 36.6 Å². The van der Waals surface area contributed by atoms with Crippen LogP contribution in [0.2, 0.25) is 0 Å². The van der Waals surface area contributed by atoms with Gasteiger partial charge in [-0.25, -0.2) is 0 Å². The van der Waals surface area contributed by atoms with Crippen molar-refractivity contribution in [1.29, 1.82) is 0 Å². The highest BCUT2D eigenvalue weighted by molar-refractivity contribution is 5.85. The van der Waals surface area contributed by atoms with E-state index in [4.69, 9.17) is 21.1 Å². The molecule has 0 heterocycles. The van der Waals surface area contributed by atoms with E-state index >= 15 is 0 Å². The van der Waals surface area contributed by atoms with E-state index in [9.17, 15) is 15.0 Å². The number of aliphatic hydroxyl groups excluding tert-OH is 5. The van der Waals surface area contributed by atoms with Crippen molar-refractivity contribution < 1.29 is 30.3 Å². The van der Waals surface area contributed by atoms with Crippen LogP contribution < -0.4 is 11.1 Å². The molecule has 0 aromatic carbocycles. The zero-order valence-corrected chi connectivity index (χ0v) is 9.88. The van der Waals surface area contributed by atoms with Crippen LogP contribution in [0.4, 0.5) is 0 Å². The maximum Gasteiger partial charge on any atom is 0.234 e. The minimum atomic E-state index is -1.68. The van der Waals surface area contributed by atoms with Crippen LogP contribution in [-0.2, 0) is 4.79 Å². The second kappa shape index (κ2) is 9.54. The quantitative estimate of drug-likeness (QED) is 0.249. The summed E-state index contributed by atoms with van der Waals surface area (Å²) >= 11 is 0. The predicted molar refractivity (Wildman–Crippen MR) is 60.4 cm³/mol. The lowest BCUT2D eigenvalue weighted by Crippen LogP contribution is -2.55. The molecule has 0 aromatic rings. The lowest BCUT2D eigenvalue weighted by molar-refractivity contribution is -0.125. The third-order valence-electron chi connectivity index (χ3n) is 2.07. The fraction of sp³-hybridized carbons (Fsp3) is 0.875. The standard InChI is InChI=1S/C8H18N2O6.ClH/c9-1-6(14)10-4(2-11)7(15)8(16)5(13)3-12;/h4-5,7-8,11-13,15-16H,1-3,9H2,(H,10,14);1H/t4-,5-,7-,8-;/m1./s1. The van der Waals surface area contributed by atoms with E-state index in [0.29, 0.717) is 0 Å². The second-order valence-electron chi connectivity index (χ2n) is 3.29. The number of carbonyl (C=O) groups is 1. The number of rotatable bonds is 7. The van der Waals surface area contributed by atoms with Crippen molar-refractivity contribution in [1.82, 2.24) is 5.32 Å². The number of halogens is 1. The van der Waals surface area contributed by atoms with Gasteiger partial charge >= 0.3 is 0 Å². The van der Waals surface area contributed by atoms with E-state index in [-0.39, 0.29) is 19.0 Å². The normalized spacial score (nSPS) is 17.5. The van der Waals surface area contributed by atoms with Crippen LogP contribution in [0.3, 0.4) is 0 Å². The molecule has 0 radical (unpaired) electrons. The first-order chi connectivity index (χ1) is 7.47. The molecule has 0 aliphatic heterocycles. The van der Waals surface area contributed by atoms with E-state index in [1.807, 2.05) is 0 Å². The molecule has 4 atom stereocenters. The van der Waals surface area contributed by atoms with Crippen molar-refractivity contribution in [2.24, 2.45) is 5.73 Å². The molecule has 0 bridgehead atoms. The molecule has 104 valence electrons. The van der Waals surface area contributed by atoms with Crippen molar-refractivity contribution in [3.63, 3.8) is 0 Å². The number of aliphatic hydroxyl groups is 5. The van der Waals surface area contributed by atoms with Crippen molar-refractivity contribution in [3.8, 4) is 0 Å². The van der Waals surface area contributed by atoms with Gasteiger partial charge in [-0.2, -0.15) is 0 Å². The van der Waals surface area contributed by atoms with Crippen molar-refractivity contribution in [2.45, 2.75) is 24.4 Å². The Morgan fingerprint density at radius 2 is 1.65 bits per heavy atom. The Morgan fingerprint density at radius 3 is 2.00 bits per heavy atom. The molecule has 0 aliphatic rings. The van der Waals surface area contributed by atoms with Crippen LogP contribution in [0, 0.1) is 0 Å². The second-order valence-corrected chi connectivity index (χ2v) is 3.29. The number of nitrogens with one attached hydrogen (secondary N) is 1. The Balaban J connectivity index is 0. The topological polar surface area (TPSA) is 156 Å². The van der Waals surface area contributed by atoms with Crippen LogP contribution in [0.25, 0.3) is 0 Å². The number of hydrogen-bond donors (Lipinski definition) is 7. The number of hydrogen-bond acceptors (Lipinski definition) is 7. The smallest absolute Gasteiger partial charge is 0.234 e. The van der Waals surface area contributed by atoms with E-state index in [0.717, 1.165) is 0 Å². The first kappa shape index (κ1) is 18.9. The van der Waals surface area contributed by atoms with Crippen LogP contribution in [-0.4, -0.2) is 75.6 Å². The van der Waals surface area contributed by atoms with Gasteiger partial charge in [-0.1, -0.05) is 0 Å². The van der Waals surface area contributed by atoms with E-state index in [1.165, 1.54) is 0 Å². The van der Waals surface area contributed by atoms with Crippen molar-refractivity contribution >= 4 is 18.3 Å². The van der Waals surface area contributed by atoms with E-state index in [1.54, 1.807) is 0 Å². The zero-order valence-electron chi connectivity index (χ0n) is 9.06. The molecule has 0 rings (SSSR count). The molecule has 9 heteroatoms. The molecule has 0 aromatic heterocycles. The summed E-state index contributed by atoms with van der Waals surface area (Å²) < 4.78 is 0. The average Bonchev–Trinajstić information content (AvgIpc) is 2.32. The number of carbonyl (C=O) groups excluding carboxylic acids is 1. The first-order valence-corrected chi connectivity index (χ1v) is 4.73. The SMILES string of the molecule is Cl.NCC(=O)N[C@H](CO)[C@@H](O)[C@H](O)[C@H](O)CO. The fourth-order valence-corrected chi connectivity index (χ4v) is 1.08. The van der Waals surface area contributed by atoms with Gasteiger partial charge in [-0.3, -0.25) is 4.79 Å². The minimum Gasteiger partial charge on any atom is -0.394 e. The molecule has 0 aliphatic carbocycles. The number of nitrogens with two attached hydrogens (primary N) is 1. The third kappa shape index (κ3) is 6.13. The van der Waals surface area contributed by atoms with Gasteiger partial charge in [-0.15, -0.1) is 12.4 Å². The Bertz CT molecular complexity index is 220. The van der Waals surface area contributed by atoms with Gasteiger partial charge in [0.2, 0.25) is 5.91 Å². The zero-order chi connectivity index (χ0) is 12.7. The van der Waals surface area contributed by atoms with Gasteiger partial charge in [0.05, 0.1) is 25.8 Å². The summed E-state index contributed by atoms with van der Waals surface area (Å²) in [5, 5.41) is 47.4. The summed E-state index contributed by atoms with van der Waals surface area (Å²) in [6.07, 6.45) is -4.85. The van der Waals surface area contributed by atoms with E-state index < -0.39 is 43.5 Å². The molecule has 17 heavy (non-hydrogen) atoms. The molecule has 0 spiro atoms. The van der Waals surface area contributed by atoms with Gasteiger partial charge in [0.25, 0.3) is 0 Å². The molecule has 8 N–H and O–H groups in total. The predicted octanol–water partition coefficient (Wildman–Crippen LogP) is -4.08. The van der Waals surface area contributed by atoms with Crippen LogP contribution in [0.15, 0.2) is 0 Å². The first-order valence-electron chi connectivity index (χ1n) is 4.73. The maximum atomic E-state index is 10.9. The van der Waals surface area contributed by atoms with Crippen LogP contribution in [0.1, 0.15) is 0 Å². The summed E-state index contributed by atoms with van der Waals surface area (Å²) in [7, 11) is 0. The van der Waals surface area contributed by atoms with Gasteiger partial charge in [0.1, 0.15) is 18.3 Å². The third-order valence-corrected chi connectivity index (χ3v) is 2.07. The van der Waals surface area contributed by atoms with Crippen molar-refractivity contribution in [2.75, 3.05) is 19.8 Å².